The maximum absolute atomic E-state index is 5.00. The van der Waals surface area contributed by atoms with Gasteiger partial charge in [0.2, 0.25) is 0 Å². The zero-order valence-corrected chi connectivity index (χ0v) is 10.4. The largest absolute Gasteiger partial charge is 0.385 e. The summed E-state index contributed by atoms with van der Waals surface area (Å²) in [7, 11) is 1.77. The van der Waals surface area contributed by atoms with E-state index in [9.17, 15) is 0 Å². The van der Waals surface area contributed by atoms with Gasteiger partial charge in [0.25, 0.3) is 0 Å². The molecule has 0 aromatic carbocycles. The summed E-state index contributed by atoms with van der Waals surface area (Å²) in [5.41, 5.74) is 0.274. The molecule has 0 aliphatic rings. The quantitative estimate of drug-likeness (QED) is 0.610. The van der Waals surface area contributed by atoms with E-state index in [0.29, 0.717) is 0 Å². The molecule has 0 unspecified atom stereocenters. The third-order valence-corrected chi connectivity index (χ3v) is 2.18. The lowest BCUT2D eigenvalue weighted by Gasteiger charge is -2.20. The second-order valence-electron chi connectivity index (χ2n) is 4.94. The van der Waals surface area contributed by atoms with Crippen molar-refractivity contribution in [1.29, 1.82) is 0 Å². The molecule has 0 amide bonds. The van der Waals surface area contributed by atoms with Crippen LogP contribution in [0.1, 0.15) is 52.9 Å². The summed E-state index contributed by atoms with van der Waals surface area (Å²) in [5.74, 6) is 0. The Hall–Kier alpha value is -0.0800. The van der Waals surface area contributed by atoms with E-state index in [1.165, 1.54) is 32.1 Å². The van der Waals surface area contributed by atoms with E-state index < -0.39 is 0 Å². The first kappa shape index (κ1) is 13.9. The van der Waals surface area contributed by atoms with Crippen molar-refractivity contribution in [2.45, 2.75) is 58.4 Å². The molecule has 0 aliphatic carbocycles. The Bertz CT molecular complexity index is 118. The number of nitrogens with one attached hydrogen (secondary N) is 1. The molecule has 14 heavy (non-hydrogen) atoms. The highest BCUT2D eigenvalue weighted by atomic mass is 16.5. The fourth-order valence-corrected chi connectivity index (χ4v) is 1.37. The van der Waals surface area contributed by atoms with Crippen LogP contribution < -0.4 is 5.32 Å². The molecule has 0 aromatic rings. The monoisotopic (exact) mass is 201 g/mol. The molecule has 0 fully saturated rings. The maximum atomic E-state index is 5.00. The maximum Gasteiger partial charge on any atom is 0.0462 e. The van der Waals surface area contributed by atoms with Gasteiger partial charge in [-0.1, -0.05) is 19.3 Å². The Morgan fingerprint density at radius 1 is 0.929 bits per heavy atom. The molecule has 0 saturated heterocycles. The molecule has 0 bridgehead atoms. The van der Waals surface area contributed by atoms with Gasteiger partial charge >= 0.3 is 0 Å². The van der Waals surface area contributed by atoms with E-state index >= 15 is 0 Å². The van der Waals surface area contributed by atoms with Gasteiger partial charge in [0.1, 0.15) is 0 Å². The first-order valence-corrected chi connectivity index (χ1v) is 5.80. The van der Waals surface area contributed by atoms with Gasteiger partial charge in [0.05, 0.1) is 0 Å². The molecule has 0 spiro atoms. The SMILES string of the molecule is COCCCCCCCNC(C)(C)C. The van der Waals surface area contributed by atoms with Crippen LogP contribution in [0.25, 0.3) is 0 Å². The van der Waals surface area contributed by atoms with Gasteiger partial charge in [-0.15, -0.1) is 0 Å². The predicted molar refractivity (Wildman–Crippen MR) is 62.7 cm³/mol. The summed E-state index contributed by atoms with van der Waals surface area (Å²) in [6.07, 6.45) is 6.50. The Morgan fingerprint density at radius 3 is 2.07 bits per heavy atom. The second-order valence-corrected chi connectivity index (χ2v) is 4.94. The second kappa shape index (κ2) is 8.25. The highest BCUT2D eigenvalue weighted by Crippen LogP contribution is 2.04. The molecular formula is C12H27NO. The van der Waals surface area contributed by atoms with E-state index in [4.69, 9.17) is 4.74 Å². The normalized spacial score (nSPS) is 12.0. The van der Waals surface area contributed by atoms with Crippen LogP contribution in [0.2, 0.25) is 0 Å². The fourth-order valence-electron chi connectivity index (χ4n) is 1.37. The number of ether oxygens (including phenoxy) is 1. The standard InChI is InChI=1S/C12H27NO/c1-12(2,3)13-10-8-6-5-7-9-11-14-4/h13H,5-11H2,1-4H3. The van der Waals surface area contributed by atoms with E-state index in [0.717, 1.165) is 13.2 Å². The molecule has 0 rings (SSSR count). The van der Waals surface area contributed by atoms with Crippen LogP contribution in [0.5, 0.6) is 0 Å². The minimum absolute atomic E-state index is 0.274. The topological polar surface area (TPSA) is 21.3 Å². The molecule has 1 N–H and O–H groups in total. The van der Waals surface area contributed by atoms with Gasteiger partial charge in [-0.25, -0.2) is 0 Å². The molecular weight excluding hydrogens is 174 g/mol. The van der Waals surface area contributed by atoms with Crippen LogP contribution >= 0.6 is 0 Å². The van der Waals surface area contributed by atoms with Gasteiger partial charge in [0.15, 0.2) is 0 Å². The molecule has 86 valence electrons. The Labute approximate surface area is 89.4 Å². The highest BCUT2D eigenvalue weighted by Gasteiger charge is 2.06. The Morgan fingerprint density at radius 2 is 1.50 bits per heavy atom. The van der Waals surface area contributed by atoms with Gasteiger partial charge in [0, 0.05) is 19.3 Å². The van der Waals surface area contributed by atoms with E-state index in [2.05, 4.69) is 26.1 Å². The van der Waals surface area contributed by atoms with E-state index in [1.54, 1.807) is 7.11 Å². The molecule has 2 heteroatoms. The Balaban J connectivity index is 2.99. The molecule has 0 aliphatic heterocycles. The van der Waals surface area contributed by atoms with Crippen molar-refractivity contribution in [3.05, 3.63) is 0 Å². The smallest absolute Gasteiger partial charge is 0.0462 e. The van der Waals surface area contributed by atoms with Gasteiger partial charge in [-0.2, -0.15) is 0 Å². The van der Waals surface area contributed by atoms with Crippen LogP contribution in [0.3, 0.4) is 0 Å². The fraction of sp³-hybridized carbons (Fsp3) is 1.00. The number of hydrogen-bond donors (Lipinski definition) is 1. The van der Waals surface area contributed by atoms with Crippen molar-refractivity contribution in [1.82, 2.24) is 5.32 Å². The van der Waals surface area contributed by atoms with Crippen molar-refractivity contribution in [3.8, 4) is 0 Å². The summed E-state index contributed by atoms with van der Waals surface area (Å²) in [6, 6.07) is 0. The summed E-state index contributed by atoms with van der Waals surface area (Å²) in [6.45, 7) is 8.71. The lowest BCUT2D eigenvalue weighted by Crippen LogP contribution is -2.36. The zero-order valence-electron chi connectivity index (χ0n) is 10.4. The first-order valence-electron chi connectivity index (χ1n) is 5.80. The minimum Gasteiger partial charge on any atom is -0.385 e. The lowest BCUT2D eigenvalue weighted by molar-refractivity contribution is 0.192. The number of hydrogen-bond acceptors (Lipinski definition) is 2. The van der Waals surface area contributed by atoms with Crippen LogP contribution in [0, 0.1) is 0 Å². The molecule has 0 atom stereocenters. The van der Waals surface area contributed by atoms with Gasteiger partial charge < -0.3 is 10.1 Å². The first-order chi connectivity index (χ1) is 6.56. The van der Waals surface area contributed by atoms with Crippen LogP contribution in [-0.4, -0.2) is 25.8 Å². The van der Waals surface area contributed by atoms with Crippen molar-refractivity contribution in [2.24, 2.45) is 0 Å². The summed E-state index contributed by atoms with van der Waals surface area (Å²) >= 11 is 0. The molecule has 2 nitrogen and oxygen atoms in total. The molecule has 0 radical (unpaired) electrons. The number of rotatable bonds is 8. The zero-order chi connectivity index (χ0) is 10.9. The van der Waals surface area contributed by atoms with Gasteiger partial charge in [-0.3, -0.25) is 0 Å². The molecule has 0 saturated carbocycles. The molecule has 0 aromatic heterocycles. The Kier molecular flexibility index (Phi) is 8.20. The van der Waals surface area contributed by atoms with Crippen LogP contribution in [0.15, 0.2) is 0 Å². The minimum atomic E-state index is 0.274. The van der Waals surface area contributed by atoms with E-state index in [-0.39, 0.29) is 5.54 Å². The third kappa shape index (κ3) is 11.9. The molecule has 0 heterocycles. The highest BCUT2D eigenvalue weighted by molar-refractivity contribution is 4.69. The summed E-state index contributed by atoms with van der Waals surface area (Å²) in [5, 5.41) is 3.50. The average molecular weight is 201 g/mol. The van der Waals surface area contributed by atoms with Crippen molar-refractivity contribution in [2.75, 3.05) is 20.3 Å². The summed E-state index contributed by atoms with van der Waals surface area (Å²) < 4.78 is 5.00. The summed E-state index contributed by atoms with van der Waals surface area (Å²) in [4.78, 5) is 0. The third-order valence-electron chi connectivity index (χ3n) is 2.18. The van der Waals surface area contributed by atoms with Crippen molar-refractivity contribution >= 4 is 0 Å². The predicted octanol–water partition coefficient (Wildman–Crippen LogP) is 2.97. The lowest BCUT2D eigenvalue weighted by atomic mass is 10.1. The number of methoxy groups -OCH3 is 1. The van der Waals surface area contributed by atoms with Crippen molar-refractivity contribution < 1.29 is 4.74 Å². The van der Waals surface area contributed by atoms with Gasteiger partial charge in [-0.05, 0) is 40.2 Å². The van der Waals surface area contributed by atoms with E-state index in [1.807, 2.05) is 0 Å². The van der Waals surface area contributed by atoms with Crippen LogP contribution in [-0.2, 0) is 4.74 Å². The van der Waals surface area contributed by atoms with Crippen LogP contribution in [0.4, 0.5) is 0 Å². The van der Waals surface area contributed by atoms with Crippen molar-refractivity contribution in [3.63, 3.8) is 0 Å². The average Bonchev–Trinajstić information content (AvgIpc) is 2.08. The number of unbranched alkanes of at least 4 members (excludes halogenated alkanes) is 4.